The van der Waals surface area contributed by atoms with Crippen molar-refractivity contribution in [2.75, 3.05) is 0 Å². The molecule has 94 valence electrons. The van der Waals surface area contributed by atoms with Gasteiger partial charge in [0, 0.05) is 12.4 Å². The van der Waals surface area contributed by atoms with E-state index in [9.17, 15) is 8.78 Å². The molecular weight excluding hydrogens is 234 g/mol. The molecule has 0 aliphatic rings. The van der Waals surface area contributed by atoms with Crippen LogP contribution in [0.5, 0.6) is 0 Å². The Morgan fingerprint density at radius 1 is 0.944 bits per heavy atom. The van der Waals surface area contributed by atoms with Crippen LogP contribution in [-0.4, -0.2) is 9.97 Å². The largest absolute Gasteiger partial charge is 0.241 e. The zero-order chi connectivity index (χ0) is 13.1. The van der Waals surface area contributed by atoms with Gasteiger partial charge in [0.15, 0.2) is 11.6 Å². The van der Waals surface area contributed by atoms with Crippen LogP contribution < -0.4 is 0 Å². The minimum absolute atomic E-state index is 0.329. The summed E-state index contributed by atoms with van der Waals surface area (Å²) in [4.78, 5) is 8.13. The molecule has 2 nitrogen and oxygen atoms in total. The molecule has 0 amide bonds. The van der Waals surface area contributed by atoms with Crippen molar-refractivity contribution < 1.29 is 8.78 Å². The van der Waals surface area contributed by atoms with Crippen molar-refractivity contribution in [2.24, 2.45) is 0 Å². The monoisotopic (exact) mass is 248 g/mol. The molecular formula is C14H14F2N2. The zero-order valence-electron chi connectivity index (χ0n) is 10.4. The number of aryl methyl sites for hydroxylation is 4. The molecule has 0 unspecified atom stereocenters. The summed E-state index contributed by atoms with van der Waals surface area (Å²) in [5, 5.41) is 0. The lowest BCUT2D eigenvalue weighted by Gasteiger charge is -2.06. The molecule has 0 aliphatic heterocycles. The van der Waals surface area contributed by atoms with E-state index >= 15 is 0 Å². The third-order valence-corrected chi connectivity index (χ3v) is 2.87. The van der Waals surface area contributed by atoms with Crippen LogP contribution >= 0.6 is 0 Å². The summed E-state index contributed by atoms with van der Waals surface area (Å²) < 4.78 is 27.0. The van der Waals surface area contributed by atoms with Gasteiger partial charge in [0.1, 0.15) is 5.82 Å². The van der Waals surface area contributed by atoms with E-state index in [2.05, 4.69) is 9.97 Å². The van der Waals surface area contributed by atoms with Crippen LogP contribution in [0.2, 0.25) is 0 Å². The number of aromatic nitrogens is 2. The summed E-state index contributed by atoms with van der Waals surface area (Å²) in [6.07, 6.45) is 4.46. The minimum atomic E-state index is -0.757. The van der Waals surface area contributed by atoms with Gasteiger partial charge in [-0.1, -0.05) is 12.1 Å². The van der Waals surface area contributed by atoms with E-state index in [0.717, 1.165) is 5.56 Å². The Hall–Kier alpha value is -1.84. The molecule has 4 heteroatoms. The fourth-order valence-corrected chi connectivity index (χ4v) is 1.71. The maximum Gasteiger partial charge on any atom is 0.162 e. The highest BCUT2D eigenvalue weighted by Crippen LogP contribution is 2.17. The average molecular weight is 248 g/mol. The van der Waals surface area contributed by atoms with E-state index < -0.39 is 11.6 Å². The topological polar surface area (TPSA) is 25.8 Å². The molecule has 0 spiro atoms. The van der Waals surface area contributed by atoms with E-state index in [1.807, 2.05) is 0 Å². The van der Waals surface area contributed by atoms with Gasteiger partial charge in [-0.05, 0) is 43.4 Å². The van der Waals surface area contributed by atoms with Gasteiger partial charge < -0.3 is 0 Å². The maximum atomic E-state index is 13.6. The van der Waals surface area contributed by atoms with Crippen LogP contribution in [0.1, 0.15) is 22.5 Å². The Bertz CT molecular complexity index is 550. The first-order valence-electron chi connectivity index (χ1n) is 5.79. The lowest BCUT2D eigenvalue weighted by Crippen LogP contribution is -2.00. The number of benzene rings is 1. The van der Waals surface area contributed by atoms with Crippen molar-refractivity contribution in [3.8, 4) is 0 Å². The van der Waals surface area contributed by atoms with Crippen LogP contribution in [0.4, 0.5) is 8.78 Å². The van der Waals surface area contributed by atoms with E-state index in [4.69, 9.17) is 0 Å². The molecule has 0 saturated heterocycles. The van der Waals surface area contributed by atoms with Crippen LogP contribution in [0, 0.1) is 25.5 Å². The summed E-state index contributed by atoms with van der Waals surface area (Å²) >= 11 is 0. The second kappa shape index (κ2) is 5.21. The highest BCUT2D eigenvalue weighted by Gasteiger charge is 2.10. The summed E-state index contributed by atoms with van der Waals surface area (Å²) in [5.41, 5.74) is 1.63. The third kappa shape index (κ3) is 2.70. The summed E-state index contributed by atoms with van der Waals surface area (Å²) in [7, 11) is 0. The molecule has 0 fully saturated rings. The summed E-state index contributed by atoms with van der Waals surface area (Å²) in [6.45, 7) is 3.36. The first-order valence-corrected chi connectivity index (χ1v) is 5.79. The molecule has 1 heterocycles. The minimum Gasteiger partial charge on any atom is -0.241 e. The Balaban J connectivity index is 2.11. The molecule has 1 aromatic heterocycles. The normalized spacial score (nSPS) is 10.7. The zero-order valence-corrected chi connectivity index (χ0v) is 10.4. The lowest BCUT2D eigenvalue weighted by atomic mass is 10.0. The Morgan fingerprint density at radius 2 is 1.61 bits per heavy atom. The highest BCUT2D eigenvalue weighted by molar-refractivity contribution is 5.26. The van der Waals surface area contributed by atoms with Gasteiger partial charge in [-0.3, -0.25) is 0 Å². The SMILES string of the molecule is Cc1ncc(CCc2ccc(C)c(F)c2F)cn1. The molecule has 0 saturated carbocycles. The fraction of sp³-hybridized carbons (Fsp3) is 0.286. The molecule has 2 rings (SSSR count). The molecule has 0 N–H and O–H groups in total. The van der Waals surface area contributed by atoms with Crippen molar-refractivity contribution in [1.29, 1.82) is 0 Å². The number of rotatable bonds is 3. The second-order valence-electron chi connectivity index (χ2n) is 4.31. The van der Waals surface area contributed by atoms with Gasteiger partial charge in [0.25, 0.3) is 0 Å². The van der Waals surface area contributed by atoms with Gasteiger partial charge >= 0.3 is 0 Å². The molecule has 2 aromatic rings. The van der Waals surface area contributed by atoms with Gasteiger partial charge in [0.2, 0.25) is 0 Å². The van der Waals surface area contributed by atoms with Crippen molar-refractivity contribution in [3.05, 3.63) is 58.7 Å². The standard InChI is InChI=1S/C14H14F2N2/c1-9-3-5-12(14(16)13(9)15)6-4-11-7-17-10(2)18-8-11/h3,5,7-8H,4,6H2,1-2H3. The summed E-state index contributed by atoms with van der Waals surface area (Å²) in [6, 6.07) is 3.22. The van der Waals surface area contributed by atoms with Gasteiger partial charge in [-0.25, -0.2) is 18.7 Å². The quantitative estimate of drug-likeness (QED) is 0.833. The van der Waals surface area contributed by atoms with Crippen LogP contribution in [-0.2, 0) is 12.8 Å². The molecule has 0 aliphatic carbocycles. The smallest absolute Gasteiger partial charge is 0.162 e. The Morgan fingerprint density at radius 3 is 2.28 bits per heavy atom. The highest BCUT2D eigenvalue weighted by atomic mass is 19.2. The number of halogens is 2. The van der Waals surface area contributed by atoms with Crippen LogP contribution in [0.15, 0.2) is 24.5 Å². The lowest BCUT2D eigenvalue weighted by molar-refractivity contribution is 0.493. The van der Waals surface area contributed by atoms with Crippen molar-refractivity contribution in [3.63, 3.8) is 0 Å². The molecule has 18 heavy (non-hydrogen) atoms. The Kier molecular flexibility index (Phi) is 3.65. The molecule has 0 atom stereocenters. The van der Waals surface area contributed by atoms with Crippen molar-refractivity contribution in [1.82, 2.24) is 9.97 Å². The van der Waals surface area contributed by atoms with Crippen molar-refractivity contribution in [2.45, 2.75) is 26.7 Å². The number of hydrogen-bond acceptors (Lipinski definition) is 2. The van der Waals surface area contributed by atoms with Crippen LogP contribution in [0.25, 0.3) is 0 Å². The van der Waals surface area contributed by atoms with Crippen LogP contribution in [0.3, 0.4) is 0 Å². The van der Waals surface area contributed by atoms with Crippen molar-refractivity contribution >= 4 is 0 Å². The maximum absolute atomic E-state index is 13.6. The van der Waals surface area contributed by atoms with Gasteiger partial charge in [-0.15, -0.1) is 0 Å². The average Bonchev–Trinajstić information content (AvgIpc) is 2.37. The predicted octanol–water partition coefficient (Wildman–Crippen LogP) is 3.16. The van der Waals surface area contributed by atoms with E-state index in [0.29, 0.717) is 29.8 Å². The van der Waals surface area contributed by atoms with E-state index in [-0.39, 0.29) is 0 Å². The first kappa shape index (κ1) is 12.6. The third-order valence-electron chi connectivity index (χ3n) is 2.87. The molecule has 1 aromatic carbocycles. The first-order chi connectivity index (χ1) is 8.58. The second-order valence-corrected chi connectivity index (χ2v) is 4.31. The molecule has 0 bridgehead atoms. The predicted molar refractivity (Wildman–Crippen MR) is 65.3 cm³/mol. The summed E-state index contributed by atoms with van der Waals surface area (Å²) in [5.74, 6) is -0.804. The van der Waals surface area contributed by atoms with Gasteiger partial charge in [0.05, 0.1) is 0 Å². The van der Waals surface area contributed by atoms with E-state index in [1.165, 1.54) is 0 Å². The van der Waals surface area contributed by atoms with E-state index in [1.54, 1.807) is 38.4 Å². The number of hydrogen-bond donors (Lipinski definition) is 0. The van der Waals surface area contributed by atoms with Gasteiger partial charge in [-0.2, -0.15) is 0 Å². The fourth-order valence-electron chi connectivity index (χ4n) is 1.71. The molecule has 0 radical (unpaired) electrons. The number of nitrogens with zero attached hydrogens (tertiary/aromatic N) is 2. The Labute approximate surface area is 105 Å².